The van der Waals surface area contributed by atoms with Crippen molar-refractivity contribution in [2.75, 3.05) is 10.6 Å². The Morgan fingerprint density at radius 2 is 2.11 bits per heavy atom. The van der Waals surface area contributed by atoms with Crippen LogP contribution in [-0.2, 0) is 4.79 Å². The van der Waals surface area contributed by atoms with E-state index < -0.39 is 5.91 Å². The van der Waals surface area contributed by atoms with Gasteiger partial charge in [0.2, 0.25) is 11.9 Å². The first-order chi connectivity index (χ1) is 8.54. The molecule has 0 aliphatic heterocycles. The van der Waals surface area contributed by atoms with Crippen LogP contribution in [0.3, 0.4) is 0 Å². The van der Waals surface area contributed by atoms with E-state index in [0.29, 0.717) is 11.0 Å². The molecule has 2 aromatic heterocycles. The number of anilines is 2. The van der Waals surface area contributed by atoms with Gasteiger partial charge in [-0.25, -0.2) is 4.98 Å². The number of nitrogens with zero attached hydrogens (tertiary/aromatic N) is 3. The predicted octanol–water partition coefficient (Wildman–Crippen LogP) is 0.780. The molecule has 3 N–H and O–H groups in total. The van der Waals surface area contributed by atoms with E-state index in [9.17, 15) is 9.59 Å². The van der Waals surface area contributed by atoms with E-state index in [1.54, 1.807) is 12.3 Å². The van der Waals surface area contributed by atoms with Gasteiger partial charge in [0.05, 0.1) is 0 Å². The molecular formula is C9H10N6O2S. The highest BCUT2D eigenvalue weighted by Gasteiger charge is 2.13. The van der Waals surface area contributed by atoms with Gasteiger partial charge >= 0.3 is 0 Å². The van der Waals surface area contributed by atoms with Crippen LogP contribution in [0.25, 0.3) is 0 Å². The number of hydrogen-bond acceptors (Lipinski definition) is 6. The van der Waals surface area contributed by atoms with Crippen molar-refractivity contribution < 1.29 is 9.59 Å². The summed E-state index contributed by atoms with van der Waals surface area (Å²) in [5.74, 6) is 0.122. The van der Waals surface area contributed by atoms with Crippen LogP contribution in [0.1, 0.15) is 23.2 Å². The van der Waals surface area contributed by atoms with Crippen LogP contribution in [0.2, 0.25) is 0 Å². The Morgan fingerprint density at radius 3 is 2.72 bits per heavy atom. The summed E-state index contributed by atoms with van der Waals surface area (Å²) in [6.45, 7) is 3.10. The molecule has 18 heavy (non-hydrogen) atoms. The molecule has 8 nitrogen and oxygen atoms in total. The molecular weight excluding hydrogens is 256 g/mol. The van der Waals surface area contributed by atoms with E-state index in [1.165, 1.54) is 18.3 Å². The Labute approximate surface area is 106 Å². The fraction of sp³-hybridized carbons (Fsp3) is 0.222. The molecule has 2 heterocycles. The second-order valence-corrected chi connectivity index (χ2v) is 4.28. The van der Waals surface area contributed by atoms with E-state index in [0.717, 1.165) is 0 Å². The Hall–Kier alpha value is -2.29. The number of hydrogen-bond donors (Lipinski definition) is 3. The first-order valence-electron chi connectivity index (χ1n) is 4.98. The molecule has 0 spiro atoms. The van der Waals surface area contributed by atoms with Crippen molar-refractivity contribution in [2.24, 2.45) is 0 Å². The zero-order valence-corrected chi connectivity index (χ0v) is 10.5. The zero-order chi connectivity index (χ0) is 13.1. The third-order valence-corrected chi connectivity index (χ3v) is 2.60. The fourth-order valence-electron chi connectivity index (χ4n) is 1.15. The minimum absolute atomic E-state index is 0.187. The van der Waals surface area contributed by atoms with Gasteiger partial charge in [0.25, 0.3) is 5.91 Å². The molecule has 0 atom stereocenters. The molecule has 0 fully saturated rings. The maximum Gasteiger partial charge on any atom is 0.277 e. The summed E-state index contributed by atoms with van der Waals surface area (Å²) < 4.78 is 0. The van der Waals surface area contributed by atoms with Crippen LogP contribution >= 0.6 is 11.3 Å². The lowest BCUT2D eigenvalue weighted by atomic mass is 10.4. The van der Waals surface area contributed by atoms with Gasteiger partial charge in [-0.05, 0) is 6.92 Å². The maximum absolute atomic E-state index is 11.7. The van der Waals surface area contributed by atoms with Crippen LogP contribution in [0, 0.1) is 6.92 Å². The minimum atomic E-state index is -0.429. The third kappa shape index (κ3) is 2.88. The Kier molecular flexibility index (Phi) is 3.33. The molecule has 2 amide bonds. The van der Waals surface area contributed by atoms with Crippen LogP contribution in [0.5, 0.6) is 0 Å². The normalized spacial score (nSPS) is 10.1. The van der Waals surface area contributed by atoms with Gasteiger partial charge < -0.3 is 5.32 Å². The quantitative estimate of drug-likeness (QED) is 0.759. The second kappa shape index (κ2) is 4.92. The monoisotopic (exact) mass is 266 g/mol. The number of H-pyrrole nitrogens is 1. The van der Waals surface area contributed by atoms with E-state index in [2.05, 4.69) is 30.8 Å². The molecule has 0 saturated carbocycles. The maximum atomic E-state index is 11.7. The topological polar surface area (TPSA) is 113 Å². The molecule has 0 saturated heterocycles. The molecule has 0 aromatic carbocycles. The average molecular weight is 266 g/mol. The molecule has 0 radical (unpaired) electrons. The lowest BCUT2D eigenvalue weighted by molar-refractivity contribution is -0.114. The molecule has 2 aromatic rings. The fourth-order valence-corrected chi connectivity index (χ4v) is 1.89. The third-order valence-electron chi connectivity index (χ3n) is 1.84. The number of aromatic nitrogens is 4. The lowest BCUT2D eigenvalue weighted by Gasteiger charge is -1.96. The number of nitrogens with one attached hydrogen (secondary N) is 3. The van der Waals surface area contributed by atoms with Crippen LogP contribution < -0.4 is 10.6 Å². The van der Waals surface area contributed by atoms with Gasteiger partial charge in [-0.3, -0.25) is 20.0 Å². The summed E-state index contributed by atoms with van der Waals surface area (Å²) in [5.41, 5.74) is 0.200. The van der Waals surface area contributed by atoms with Crippen molar-refractivity contribution in [3.8, 4) is 0 Å². The number of aromatic amines is 1. The zero-order valence-electron chi connectivity index (χ0n) is 9.64. The van der Waals surface area contributed by atoms with Gasteiger partial charge in [0, 0.05) is 12.3 Å². The van der Waals surface area contributed by atoms with Gasteiger partial charge in [-0.2, -0.15) is 4.98 Å². The van der Waals surface area contributed by atoms with Crippen molar-refractivity contribution in [1.29, 1.82) is 0 Å². The highest BCUT2D eigenvalue weighted by molar-refractivity contribution is 7.14. The molecule has 94 valence electrons. The standard InChI is InChI=1S/C9H10N6O2S/c1-4-10-8(15-14-4)13-7(17)6-3-18-9(12-6)11-5(2)16/h3H,1-2H3,(H,11,12,16)(H2,10,13,14,15,17). The van der Waals surface area contributed by atoms with Gasteiger partial charge in [0.1, 0.15) is 11.5 Å². The lowest BCUT2D eigenvalue weighted by Crippen LogP contribution is -2.14. The van der Waals surface area contributed by atoms with E-state index >= 15 is 0 Å². The van der Waals surface area contributed by atoms with Crippen molar-refractivity contribution in [3.63, 3.8) is 0 Å². The smallest absolute Gasteiger partial charge is 0.277 e. The summed E-state index contributed by atoms with van der Waals surface area (Å²) in [6.07, 6.45) is 0. The number of thiazole rings is 1. The summed E-state index contributed by atoms with van der Waals surface area (Å²) in [4.78, 5) is 30.5. The summed E-state index contributed by atoms with van der Waals surface area (Å²) >= 11 is 1.17. The summed E-state index contributed by atoms with van der Waals surface area (Å²) in [5, 5.41) is 13.3. The van der Waals surface area contributed by atoms with Crippen LogP contribution in [-0.4, -0.2) is 32.0 Å². The molecule has 2 rings (SSSR count). The number of carbonyl (C=O) groups is 2. The van der Waals surface area contributed by atoms with Crippen molar-refractivity contribution in [1.82, 2.24) is 20.2 Å². The number of rotatable bonds is 3. The van der Waals surface area contributed by atoms with Gasteiger partial charge in [0.15, 0.2) is 5.13 Å². The van der Waals surface area contributed by atoms with Gasteiger partial charge in [-0.15, -0.1) is 16.4 Å². The Balaban J connectivity index is 2.05. The Bertz CT molecular complexity index is 589. The largest absolute Gasteiger partial charge is 0.302 e. The number of amides is 2. The molecule has 0 bridgehead atoms. The summed E-state index contributed by atoms with van der Waals surface area (Å²) in [6, 6.07) is 0. The minimum Gasteiger partial charge on any atom is -0.302 e. The second-order valence-electron chi connectivity index (χ2n) is 3.42. The average Bonchev–Trinajstić information content (AvgIpc) is 2.87. The predicted molar refractivity (Wildman–Crippen MR) is 65.5 cm³/mol. The van der Waals surface area contributed by atoms with Crippen molar-refractivity contribution in [3.05, 3.63) is 16.9 Å². The van der Waals surface area contributed by atoms with Crippen LogP contribution in [0.15, 0.2) is 5.38 Å². The number of aryl methyl sites for hydroxylation is 1. The van der Waals surface area contributed by atoms with E-state index in [1.807, 2.05) is 0 Å². The highest BCUT2D eigenvalue weighted by Crippen LogP contribution is 2.15. The molecule has 0 aliphatic rings. The van der Waals surface area contributed by atoms with Gasteiger partial charge in [-0.1, -0.05) is 0 Å². The van der Waals surface area contributed by atoms with Crippen LogP contribution in [0.4, 0.5) is 11.1 Å². The first kappa shape index (κ1) is 12.2. The SMILES string of the molecule is CC(=O)Nc1nc(C(=O)Nc2n[nH]c(C)n2)cs1. The van der Waals surface area contributed by atoms with Crippen molar-refractivity contribution in [2.45, 2.75) is 13.8 Å². The van der Waals surface area contributed by atoms with E-state index in [-0.39, 0.29) is 17.5 Å². The Morgan fingerprint density at radius 1 is 1.33 bits per heavy atom. The van der Waals surface area contributed by atoms with Crippen molar-refractivity contribution >= 4 is 34.2 Å². The first-order valence-corrected chi connectivity index (χ1v) is 5.86. The molecule has 9 heteroatoms. The molecule has 0 aliphatic carbocycles. The summed E-state index contributed by atoms with van der Waals surface area (Å²) in [7, 11) is 0. The number of carbonyl (C=O) groups excluding carboxylic acids is 2. The molecule has 0 unspecified atom stereocenters. The van der Waals surface area contributed by atoms with E-state index in [4.69, 9.17) is 0 Å². The highest BCUT2D eigenvalue weighted by atomic mass is 32.1.